The highest BCUT2D eigenvalue weighted by Crippen LogP contribution is 2.26. The Balaban J connectivity index is 2.81. The molecule has 2 unspecified atom stereocenters. The number of esters is 1. The van der Waals surface area contributed by atoms with Gasteiger partial charge in [-0.15, -0.1) is 0 Å². The van der Waals surface area contributed by atoms with Gasteiger partial charge in [0.2, 0.25) is 5.91 Å². The van der Waals surface area contributed by atoms with Gasteiger partial charge in [-0.05, 0) is 31.9 Å². The van der Waals surface area contributed by atoms with Crippen molar-refractivity contribution < 1.29 is 14.3 Å². The molecular formula is C15H23N3O3. The highest BCUT2D eigenvalue weighted by molar-refractivity contribution is 5.82. The van der Waals surface area contributed by atoms with Crippen molar-refractivity contribution in [2.24, 2.45) is 11.5 Å². The molecule has 0 spiro atoms. The minimum absolute atomic E-state index is 0.370. The highest BCUT2D eigenvalue weighted by Gasteiger charge is 2.36. The van der Waals surface area contributed by atoms with E-state index in [0.717, 1.165) is 0 Å². The van der Waals surface area contributed by atoms with Gasteiger partial charge < -0.3 is 21.5 Å². The van der Waals surface area contributed by atoms with E-state index in [4.69, 9.17) is 16.2 Å². The number of rotatable bonds is 8. The van der Waals surface area contributed by atoms with Gasteiger partial charge in [-0.1, -0.05) is 30.3 Å². The normalized spacial score (nSPS) is 15.0. The largest absolute Gasteiger partial charge is 0.467 e. The van der Waals surface area contributed by atoms with Crippen molar-refractivity contribution in [2.75, 3.05) is 14.2 Å². The summed E-state index contributed by atoms with van der Waals surface area (Å²) in [5.41, 5.74) is 11.0. The summed E-state index contributed by atoms with van der Waals surface area (Å²) < 4.78 is 4.83. The Morgan fingerprint density at radius 2 is 1.95 bits per heavy atom. The third kappa shape index (κ3) is 4.27. The van der Waals surface area contributed by atoms with Crippen molar-refractivity contribution >= 4 is 11.9 Å². The fourth-order valence-electron chi connectivity index (χ4n) is 2.30. The van der Waals surface area contributed by atoms with E-state index in [9.17, 15) is 9.59 Å². The highest BCUT2D eigenvalue weighted by atomic mass is 16.5. The van der Waals surface area contributed by atoms with Crippen LogP contribution in [0.4, 0.5) is 0 Å². The maximum absolute atomic E-state index is 12.1. The zero-order valence-electron chi connectivity index (χ0n) is 12.5. The van der Waals surface area contributed by atoms with Crippen LogP contribution in [0.1, 0.15) is 24.8 Å². The Bertz CT molecular complexity index is 478. The summed E-state index contributed by atoms with van der Waals surface area (Å²) in [5, 5.41) is 2.84. The van der Waals surface area contributed by atoms with Crippen LogP contribution in [0.3, 0.4) is 0 Å². The molecule has 0 fully saturated rings. The molecule has 6 nitrogen and oxygen atoms in total. The van der Waals surface area contributed by atoms with Gasteiger partial charge in [-0.25, -0.2) is 4.79 Å². The number of carbonyl (C=O) groups is 2. The quantitative estimate of drug-likeness (QED) is 0.596. The third-order valence-electron chi connectivity index (χ3n) is 3.59. The predicted octanol–water partition coefficient (Wildman–Crippen LogP) is 0.257. The molecule has 0 aliphatic heterocycles. The van der Waals surface area contributed by atoms with E-state index >= 15 is 0 Å². The SMILES string of the molecule is CNC(CCCC(N)(C(=O)OC)c1ccccc1)C(N)=O. The Labute approximate surface area is 124 Å². The van der Waals surface area contributed by atoms with Crippen molar-refractivity contribution in [3.8, 4) is 0 Å². The van der Waals surface area contributed by atoms with Gasteiger partial charge in [0.25, 0.3) is 0 Å². The van der Waals surface area contributed by atoms with Crippen LogP contribution in [0.15, 0.2) is 30.3 Å². The Morgan fingerprint density at radius 1 is 1.33 bits per heavy atom. The van der Waals surface area contributed by atoms with Gasteiger partial charge in [-0.2, -0.15) is 0 Å². The molecule has 0 aliphatic carbocycles. The second-order valence-electron chi connectivity index (χ2n) is 4.96. The van der Waals surface area contributed by atoms with Gasteiger partial charge >= 0.3 is 5.97 Å². The summed E-state index contributed by atoms with van der Waals surface area (Å²) in [7, 11) is 2.98. The van der Waals surface area contributed by atoms with Gasteiger partial charge in [0.1, 0.15) is 5.54 Å². The second-order valence-corrected chi connectivity index (χ2v) is 4.96. The van der Waals surface area contributed by atoms with E-state index in [1.54, 1.807) is 19.2 Å². The van der Waals surface area contributed by atoms with E-state index in [2.05, 4.69) is 5.32 Å². The van der Waals surface area contributed by atoms with Crippen LogP contribution >= 0.6 is 0 Å². The van der Waals surface area contributed by atoms with Crippen LogP contribution < -0.4 is 16.8 Å². The number of methoxy groups -OCH3 is 1. The number of nitrogens with two attached hydrogens (primary N) is 2. The molecule has 0 heterocycles. The Hall–Kier alpha value is -1.92. The summed E-state index contributed by atoms with van der Waals surface area (Å²) in [6.45, 7) is 0. The maximum Gasteiger partial charge on any atom is 0.330 e. The van der Waals surface area contributed by atoms with E-state index in [-0.39, 0.29) is 0 Å². The minimum atomic E-state index is -1.22. The number of benzene rings is 1. The molecular weight excluding hydrogens is 270 g/mol. The molecule has 1 amide bonds. The Kier molecular flexibility index (Phi) is 6.33. The molecule has 0 aliphatic rings. The zero-order valence-corrected chi connectivity index (χ0v) is 12.5. The summed E-state index contributed by atoms with van der Waals surface area (Å²) in [6, 6.07) is 8.65. The second kappa shape index (κ2) is 7.75. The van der Waals surface area contributed by atoms with Gasteiger partial charge in [0.15, 0.2) is 0 Å². The zero-order chi connectivity index (χ0) is 15.9. The Morgan fingerprint density at radius 3 is 2.43 bits per heavy atom. The fraction of sp³-hybridized carbons (Fsp3) is 0.467. The van der Waals surface area contributed by atoms with Crippen molar-refractivity contribution in [1.29, 1.82) is 0 Å². The van der Waals surface area contributed by atoms with Crippen molar-refractivity contribution in [3.05, 3.63) is 35.9 Å². The molecule has 0 bridgehead atoms. The lowest BCUT2D eigenvalue weighted by atomic mass is 9.85. The van der Waals surface area contributed by atoms with Crippen molar-refractivity contribution in [2.45, 2.75) is 30.8 Å². The first kappa shape index (κ1) is 17.1. The topological polar surface area (TPSA) is 107 Å². The number of primary amides is 1. The van der Waals surface area contributed by atoms with Gasteiger partial charge in [-0.3, -0.25) is 4.79 Å². The average molecular weight is 293 g/mol. The van der Waals surface area contributed by atoms with Crippen LogP contribution in [-0.2, 0) is 19.9 Å². The molecule has 116 valence electrons. The summed E-state index contributed by atoms with van der Waals surface area (Å²) in [5.74, 6) is -0.910. The monoisotopic (exact) mass is 293 g/mol. The molecule has 6 heteroatoms. The first-order valence-corrected chi connectivity index (χ1v) is 6.85. The molecule has 5 N–H and O–H groups in total. The molecule has 0 saturated carbocycles. The van der Waals surface area contributed by atoms with Gasteiger partial charge in [0.05, 0.1) is 13.2 Å². The lowest BCUT2D eigenvalue weighted by Gasteiger charge is -2.27. The molecule has 2 atom stereocenters. The van der Waals surface area contributed by atoms with Crippen molar-refractivity contribution in [1.82, 2.24) is 5.32 Å². The fourth-order valence-corrected chi connectivity index (χ4v) is 2.30. The van der Waals surface area contributed by atoms with E-state index < -0.39 is 23.5 Å². The number of nitrogens with one attached hydrogen (secondary N) is 1. The van der Waals surface area contributed by atoms with E-state index in [1.807, 2.05) is 18.2 Å². The van der Waals surface area contributed by atoms with E-state index in [1.165, 1.54) is 7.11 Å². The minimum Gasteiger partial charge on any atom is -0.467 e. The summed E-state index contributed by atoms with van der Waals surface area (Å²) in [6.07, 6.45) is 1.44. The summed E-state index contributed by atoms with van der Waals surface area (Å²) >= 11 is 0. The lowest BCUT2D eigenvalue weighted by Crippen LogP contribution is -2.46. The number of carbonyl (C=O) groups excluding carboxylic acids is 2. The molecule has 21 heavy (non-hydrogen) atoms. The van der Waals surface area contributed by atoms with Gasteiger partial charge in [0, 0.05) is 0 Å². The smallest absolute Gasteiger partial charge is 0.330 e. The number of ether oxygens (including phenoxy) is 1. The number of hydrogen-bond acceptors (Lipinski definition) is 5. The predicted molar refractivity (Wildman–Crippen MR) is 80.2 cm³/mol. The number of amides is 1. The number of hydrogen-bond donors (Lipinski definition) is 3. The molecule has 0 radical (unpaired) electrons. The van der Waals surface area contributed by atoms with Crippen LogP contribution in [0.2, 0.25) is 0 Å². The maximum atomic E-state index is 12.1. The van der Waals surface area contributed by atoms with Crippen LogP contribution in [-0.4, -0.2) is 32.1 Å². The van der Waals surface area contributed by atoms with Crippen LogP contribution in [0, 0.1) is 0 Å². The molecule has 0 aromatic heterocycles. The third-order valence-corrected chi connectivity index (χ3v) is 3.59. The first-order valence-electron chi connectivity index (χ1n) is 6.85. The number of likely N-dealkylation sites (N-methyl/N-ethyl adjacent to an activating group) is 1. The average Bonchev–Trinajstić information content (AvgIpc) is 2.50. The van der Waals surface area contributed by atoms with Crippen molar-refractivity contribution in [3.63, 3.8) is 0 Å². The molecule has 1 rings (SSSR count). The standard InChI is InChI=1S/C15H23N3O3/c1-18-12(13(16)19)9-6-10-15(17,14(20)21-2)11-7-4-3-5-8-11/h3-5,7-8,12,18H,6,9-10,17H2,1-2H3,(H2,16,19). The molecule has 1 aromatic rings. The van der Waals surface area contributed by atoms with E-state index in [0.29, 0.717) is 24.8 Å². The molecule has 0 saturated heterocycles. The van der Waals surface area contributed by atoms with Crippen LogP contribution in [0.25, 0.3) is 0 Å². The molecule has 1 aromatic carbocycles. The van der Waals surface area contributed by atoms with Crippen LogP contribution in [0.5, 0.6) is 0 Å². The summed E-state index contributed by atoms with van der Waals surface area (Å²) in [4.78, 5) is 23.2. The lowest BCUT2D eigenvalue weighted by molar-refractivity contribution is -0.147. The first-order chi connectivity index (χ1) is 9.95.